The molecule has 0 radical (unpaired) electrons. The third kappa shape index (κ3) is 7.81. The second-order valence-electron chi connectivity index (χ2n) is 8.60. The summed E-state index contributed by atoms with van der Waals surface area (Å²) in [5.41, 5.74) is 2.09. The van der Waals surface area contributed by atoms with E-state index in [2.05, 4.69) is 5.32 Å². The summed E-state index contributed by atoms with van der Waals surface area (Å²) < 4.78 is 20.6. The van der Waals surface area contributed by atoms with Gasteiger partial charge in [0.05, 0.1) is 26.5 Å². The van der Waals surface area contributed by atoms with Gasteiger partial charge in [-0.05, 0) is 42.0 Å². The van der Waals surface area contributed by atoms with Gasteiger partial charge in [-0.2, -0.15) is 0 Å². The van der Waals surface area contributed by atoms with Crippen LogP contribution in [0.3, 0.4) is 0 Å². The van der Waals surface area contributed by atoms with E-state index in [-0.39, 0.29) is 19.1 Å². The first-order valence-corrected chi connectivity index (χ1v) is 13.3. The van der Waals surface area contributed by atoms with E-state index < -0.39 is 6.10 Å². The minimum absolute atomic E-state index is 0.0843. The van der Waals surface area contributed by atoms with Crippen LogP contribution >= 0.6 is 46.4 Å². The number of benzene rings is 3. The second-order valence-corrected chi connectivity index (χ2v) is 10.3. The van der Waals surface area contributed by atoms with E-state index in [0.29, 0.717) is 43.8 Å². The van der Waals surface area contributed by atoms with Crippen LogP contribution in [0.2, 0.25) is 20.1 Å². The quantitative estimate of drug-likeness (QED) is 0.186. The SMILES string of the molecule is COc1ccc(OC)c(NC(=O)C[n+]2ccn(CC(OCc3ccc(Cl)cc3Cl)c3ccc(Cl)cc3Cl)c2)c1. The standard InChI is InChI=1S/C28H25Cl4N3O4/c1-37-21-6-8-26(38-2)25(13-21)33-28(36)15-35-10-9-34(17-35)14-27(22-7-5-20(30)12-24(22)32)39-16-18-3-4-19(29)11-23(18)31/h3-13,17,27H,14-16H2,1-2H3/p+1. The van der Waals surface area contributed by atoms with Gasteiger partial charge in [0, 0.05) is 31.7 Å². The van der Waals surface area contributed by atoms with Crippen LogP contribution in [0, 0.1) is 0 Å². The van der Waals surface area contributed by atoms with Crippen molar-refractivity contribution in [3.63, 3.8) is 0 Å². The molecule has 39 heavy (non-hydrogen) atoms. The van der Waals surface area contributed by atoms with Crippen LogP contribution in [-0.2, 0) is 29.2 Å². The van der Waals surface area contributed by atoms with E-state index in [0.717, 1.165) is 11.1 Å². The van der Waals surface area contributed by atoms with Crippen LogP contribution in [-0.4, -0.2) is 24.7 Å². The molecule has 0 spiro atoms. The highest BCUT2D eigenvalue weighted by atomic mass is 35.5. The van der Waals surface area contributed by atoms with E-state index in [9.17, 15) is 4.79 Å². The summed E-state index contributed by atoms with van der Waals surface area (Å²) in [5, 5.41) is 4.95. The fraction of sp³-hybridized carbons (Fsp3) is 0.214. The predicted octanol–water partition coefficient (Wildman–Crippen LogP) is 7.00. The molecule has 0 aliphatic heterocycles. The number of nitrogens with one attached hydrogen (secondary N) is 1. The first-order chi connectivity index (χ1) is 18.7. The molecule has 0 saturated carbocycles. The number of ether oxygens (including phenoxy) is 3. The Kier molecular flexibility index (Phi) is 9.99. The number of carbonyl (C=O) groups excluding carboxylic acids is 1. The van der Waals surface area contributed by atoms with E-state index in [1.165, 1.54) is 0 Å². The Labute approximate surface area is 246 Å². The molecule has 1 heterocycles. The largest absolute Gasteiger partial charge is 0.497 e. The zero-order valence-corrected chi connectivity index (χ0v) is 24.2. The van der Waals surface area contributed by atoms with E-state index >= 15 is 0 Å². The van der Waals surface area contributed by atoms with Gasteiger partial charge in [-0.3, -0.25) is 4.79 Å². The summed E-state index contributed by atoms with van der Waals surface area (Å²) in [5.74, 6) is 0.916. The maximum absolute atomic E-state index is 12.8. The van der Waals surface area contributed by atoms with Gasteiger partial charge in [-0.15, -0.1) is 0 Å². The Balaban J connectivity index is 1.48. The van der Waals surface area contributed by atoms with Gasteiger partial charge < -0.3 is 19.5 Å². The molecule has 0 bridgehead atoms. The Morgan fingerprint density at radius 2 is 1.69 bits per heavy atom. The molecule has 1 atom stereocenters. The van der Waals surface area contributed by atoms with Gasteiger partial charge >= 0.3 is 0 Å². The Morgan fingerprint density at radius 1 is 0.949 bits per heavy atom. The highest BCUT2D eigenvalue weighted by Crippen LogP contribution is 2.32. The monoisotopic (exact) mass is 608 g/mol. The van der Waals surface area contributed by atoms with Crippen molar-refractivity contribution in [2.75, 3.05) is 19.5 Å². The first-order valence-electron chi connectivity index (χ1n) is 11.8. The fourth-order valence-electron chi connectivity index (χ4n) is 3.93. The van der Waals surface area contributed by atoms with Crippen LogP contribution in [0.25, 0.3) is 0 Å². The van der Waals surface area contributed by atoms with Gasteiger partial charge in [0.15, 0.2) is 6.54 Å². The molecule has 1 aromatic heterocycles. The van der Waals surface area contributed by atoms with Crippen LogP contribution in [0.15, 0.2) is 73.3 Å². The van der Waals surface area contributed by atoms with Crippen LogP contribution < -0.4 is 19.4 Å². The highest BCUT2D eigenvalue weighted by Gasteiger charge is 2.21. The Bertz CT molecular complexity index is 1460. The van der Waals surface area contributed by atoms with Gasteiger partial charge in [0.2, 0.25) is 6.33 Å². The summed E-state index contributed by atoms with van der Waals surface area (Å²) in [6, 6.07) is 15.7. The van der Waals surface area contributed by atoms with E-state index in [4.69, 9.17) is 60.6 Å². The van der Waals surface area contributed by atoms with Crippen molar-refractivity contribution in [2.24, 2.45) is 0 Å². The van der Waals surface area contributed by atoms with Crippen LogP contribution in [0.1, 0.15) is 17.2 Å². The number of anilines is 1. The maximum Gasteiger partial charge on any atom is 0.266 e. The molecule has 0 fully saturated rings. The van der Waals surface area contributed by atoms with Crippen molar-refractivity contribution in [1.29, 1.82) is 0 Å². The Morgan fingerprint density at radius 3 is 2.38 bits per heavy atom. The van der Waals surface area contributed by atoms with Gasteiger partial charge in [0.25, 0.3) is 5.91 Å². The van der Waals surface area contributed by atoms with Crippen molar-refractivity contribution in [3.05, 3.63) is 105 Å². The molecule has 3 aromatic carbocycles. The first kappa shape index (κ1) is 29.1. The topological polar surface area (TPSA) is 65.6 Å². The molecule has 7 nitrogen and oxygen atoms in total. The van der Waals surface area contributed by atoms with Crippen molar-refractivity contribution in [3.8, 4) is 11.5 Å². The summed E-state index contributed by atoms with van der Waals surface area (Å²) in [4.78, 5) is 12.8. The van der Waals surface area contributed by atoms with Crippen LogP contribution in [0.5, 0.6) is 11.5 Å². The molecule has 204 valence electrons. The summed E-state index contributed by atoms with van der Waals surface area (Å²) in [6.45, 7) is 0.748. The lowest BCUT2D eigenvalue weighted by Crippen LogP contribution is -2.38. The van der Waals surface area contributed by atoms with Gasteiger partial charge in [0.1, 0.15) is 36.5 Å². The molecule has 0 aliphatic rings. The number of aromatic nitrogens is 2. The fourth-order valence-corrected chi connectivity index (χ4v) is 4.92. The van der Waals surface area contributed by atoms with Gasteiger partial charge in [-0.25, -0.2) is 9.13 Å². The molecule has 4 aromatic rings. The molecule has 0 aliphatic carbocycles. The number of hydrogen-bond acceptors (Lipinski definition) is 4. The number of methoxy groups -OCH3 is 2. The predicted molar refractivity (Wildman–Crippen MR) is 153 cm³/mol. The zero-order chi connectivity index (χ0) is 27.9. The average molecular weight is 610 g/mol. The molecule has 1 unspecified atom stereocenters. The number of rotatable bonds is 11. The Hall–Kier alpha value is -2.94. The molecule has 1 N–H and O–H groups in total. The van der Waals surface area contributed by atoms with Crippen molar-refractivity contribution >= 4 is 58.0 Å². The van der Waals surface area contributed by atoms with Crippen LogP contribution in [0.4, 0.5) is 5.69 Å². The molecule has 4 rings (SSSR count). The normalized spacial score (nSPS) is 11.7. The average Bonchev–Trinajstić information content (AvgIpc) is 3.33. The third-order valence-corrected chi connectivity index (χ3v) is 7.04. The number of hydrogen-bond donors (Lipinski definition) is 1. The van der Waals surface area contributed by atoms with Crippen molar-refractivity contribution in [1.82, 2.24) is 4.57 Å². The van der Waals surface area contributed by atoms with Gasteiger partial charge in [-0.1, -0.05) is 58.5 Å². The summed E-state index contributed by atoms with van der Waals surface area (Å²) in [6.07, 6.45) is 5.04. The number of amides is 1. The smallest absolute Gasteiger partial charge is 0.266 e. The molecule has 0 saturated heterocycles. The van der Waals surface area contributed by atoms with Crippen molar-refractivity contribution in [2.45, 2.75) is 25.8 Å². The lowest BCUT2D eigenvalue weighted by molar-refractivity contribution is -0.683. The van der Waals surface area contributed by atoms with Crippen molar-refractivity contribution < 1.29 is 23.6 Å². The minimum atomic E-state index is -0.433. The van der Waals surface area contributed by atoms with E-state index in [1.807, 2.05) is 29.2 Å². The highest BCUT2D eigenvalue weighted by molar-refractivity contribution is 6.35. The third-order valence-electron chi connectivity index (χ3n) is 5.89. The number of imidazole rings is 1. The summed E-state index contributed by atoms with van der Waals surface area (Å²) >= 11 is 25.0. The maximum atomic E-state index is 12.8. The zero-order valence-electron chi connectivity index (χ0n) is 21.2. The minimum Gasteiger partial charge on any atom is -0.497 e. The molecular weight excluding hydrogens is 584 g/mol. The molecular formula is C28H26Cl4N3O4+. The molecule has 11 heteroatoms. The number of carbonyl (C=O) groups is 1. The lowest BCUT2D eigenvalue weighted by atomic mass is 10.1. The number of halogens is 4. The lowest BCUT2D eigenvalue weighted by Gasteiger charge is -2.19. The summed E-state index contributed by atoms with van der Waals surface area (Å²) in [7, 11) is 3.10. The second kappa shape index (κ2) is 13.4. The van der Waals surface area contributed by atoms with E-state index in [1.54, 1.807) is 67.4 Å². The molecule has 1 amide bonds. The number of nitrogens with zero attached hydrogens (tertiary/aromatic N) is 2.